The van der Waals surface area contributed by atoms with Gasteiger partial charge < -0.3 is 15.8 Å². The number of hydrogen-bond donors (Lipinski definition) is 2. The Morgan fingerprint density at radius 3 is 2.81 bits per heavy atom. The number of carbonyl (C=O) groups is 1. The Hall–Kier alpha value is -3.35. The zero-order valence-electron chi connectivity index (χ0n) is 17.5. The van der Waals surface area contributed by atoms with Crippen molar-refractivity contribution in [3.8, 4) is 11.6 Å². The summed E-state index contributed by atoms with van der Waals surface area (Å²) in [6.45, 7) is 0. The lowest BCUT2D eigenvalue weighted by Gasteiger charge is -2.24. The maximum Gasteiger partial charge on any atom is 0.248 e. The van der Waals surface area contributed by atoms with Crippen LogP contribution in [-0.4, -0.2) is 20.7 Å². The lowest BCUT2D eigenvalue weighted by atomic mass is 9.96. The van der Waals surface area contributed by atoms with Crippen LogP contribution in [0.3, 0.4) is 0 Å². The van der Waals surface area contributed by atoms with Crippen LogP contribution in [0.1, 0.15) is 66.2 Å². The van der Waals surface area contributed by atoms with Crippen LogP contribution in [-0.2, 0) is 12.8 Å². The van der Waals surface area contributed by atoms with Gasteiger partial charge in [-0.15, -0.1) is 0 Å². The molecule has 2 aliphatic rings. The number of ether oxygens (including phenoxy) is 1. The Morgan fingerprint density at radius 2 is 1.97 bits per heavy atom. The van der Waals surface area contributed by atoms with E-state index in [1.807, 2.05) is 18.2 Å². The molecule has 0 unspecified atom stereocenters. The number of primary amides is 1. The minimum absolute atomic E-state index is 0.422. The van der Waals surface area contributed by atoms with Crippen molar-refractivity contribution in [1.82, 2.24) is 14.8 Å². The molecule has 7 heteroatoms. The fraction of sp³-hybridized carbons (Fsp3) is 0.375. The van der Waals surface area contributed by atoms with E-state index in [1.54, 1.807) is 24.4 Å². The minimum Gasteiger partial charge on any atom is -0.439 e. The number of pyridine rings is 1. The summed E-state index contributed by atoms with van der Waals surface area (Å²) in [6.07, 6.45) is 11.1. The molecule has 0 atom stereocenters. The molecular weight excluding hydrogens is 390 g/mol. The summed E-state index contributed by atoms with van der Waals surface area (Å²) >= 11 is 0. The van der Waals surface area contributed by atoms with Crippen molar-refractivity contribution in [1.29, 1.82) is 0 Å². The molecule has 5 rings (SSSR count). The molecule has 0 spiro atoms. The van der Waals surface area contributed by atoms with E-state index in [4.69, 9.17) is 15.6 Å². The normalized spacial score (nSPS) is 16.1. The first kappa shape index (κ1) is 19.6. The van der Waals surface area contributed by atoms with E-state index in [9.17, 15) is 4.79 Å². The van der Waals surface area contributed by atoms with E-state index in [-0.39, 0.29) is 0 Å². The van der Waals surface area contributed by atoms with E-state index >= 15 is 0 Å². The molecule has 1 amide bonds. The number of hydrogen-bond acceptors (Lipinski definition) is 5. The topological polar surface area (TPSA) is 95.1 Å². The van der Waals surface area contributed by atoms with E-state index in [0.29, 0.717) is 17.4 Å². The molecule has 1 saturated carbocycles. The van der Waals surface area contributed by atoms with E-state index in [2.05, 4.69) is 15.0 Å². The molecule has 7 nitrogen and oxygen atoms in total. The molecule has 0 aliphatic heterocycles. The van der Waals surface area contributed by atoms with Gasteiger partial charge in [0.25, 0.3) is 0 Å². The summed E-state index contributed by atoms with van der Waals surface area (Å²) in [6, 6.07) is 11.2. The molecule has 0 saturated heterocycles. The van der Waals surface area contributed by atoms with Gasteiger partial charge in [0.2, 0.25) is 11.8 Å². The summed E-state index contributed by atoms with van der Waals surface area (Å²) in [5.74, 6) is 1.79. The van der Waals surface area contributed by atoms with Crippen LogP contribution in [0, 0.1) is 0 Å². The summed E-state index contributed by atoms with van der Waals surface area (Å²) in [5, 5.41) is 8.17. The lowest BCUT2D eigenvalue weighted by Crippen LogP contribution is -2.15. The predicted octanol–water partition coefficient (Wildman–Crippen LogP) is 4.91. The zero-order valence-corrected chi connectivity index (χ0v) is 17.5. The number of rotatable bonds is 6. The number of nitrogens with one attached hydrogen (secondary N) is 1. The SMILES string of the molecule is NC(=O)c1cccc(Nc2cc(Oc3c4c(nn3C3CCCCC3)CCC4)ccn2)c1. The van der Waals surface area contributed by atoms with Gasteiger partial charge in [0.1, 0.15) is 11.6 Å². The quantitative estimate of drug-likeness (QED) is 0.594. The van der Waals surface area contributed by atoms with Crippen molar-refractivity contribution in [2.45, 2.75) is 57.4 Å². The Labute approximate surface area is 181 Å². The first-order valence-electron chi connectivity index (χ1n) is 11.1. The number of nitrogens with two attached hydrogens (primary N) is 1. The summed E-state index contributed by atoms with van der Waals surface area (Å²) in [5.41, 5.74) is 9.03. The van der Waals surface area contributed by atoms with Crippen molar-refractivity contribution < 1.29 is 9.53 Å². The van der Waals surface area contributed by atoms with Crippen LogP contribution in [0.4, 0.5) is 11.5 Å². The molecule has 0 radical (unpaired) electrons. The maximum absolute atomic E-state index is 11.4. The van der Waals surface area contributed by atoms with Gasteiger partial charge in [-0.25, -0.2) is 9.67 Å². The fourth-order valence-corrected chi connectivity index (χ4v) is 4.62. The van der Waals surface area contributed by atoms with E-state index in [1.165, 1.54) is 30.5 Å². The van der Waals surface area contributed by atoms with Gasteiger partial charge in [-0.3, -0.25) is 4.79 Å². The molecule has 2 heterocycles. The number of benzene rings is 1. The Morgan fingerprint density at radius 1 is 1.10 bits per heavy atom. The number of nitrogens with zero attached hydrogens (tertiary/aromatic N) is 3. The van der Waals surface area contributed by atoms with Crippen molar-refractivity contribution in [3.05, 3.63) is 59.4 Å². The molecule has 0 bridgehead atoms. The summed E-state index contributed by atoms with van der Waals surface area (Å²) < 4.78 is 8.58. The molecule has 160 valence electrons. The summed E-state index contributed by atoms with van der Waals surface area (Å²) in [4.78, 5) is 15.8. The average molecular weight is 418 g/mol. The maximum atomic E-state index is 11.4. The number of aryl methyl sites for hydroxylation is 1. The number of carbonyl (C=O) groups excluding carboxylic acids is 1. The van der Waals surface area contributed by atoms with Crippen molar-refractivity contribution in [2.24, 2.45) is 5.73 Å². The van der Waals surface area contributed by atoms with E-state index in [0.717, 1.165) is 49.4 Å². The molecule has 1 fully saturated rings. The second-order valence-corrected chi connectivity index (χ2v) is 8.37. The van der Waals surface area contributed by atoms with Gasteiger partial charge in [-0.1, -0.05) is 25.3 Å². The number of fused-ring (bicyclic) bond motifs is 1. The van der Waals surface area contributed by atoms with Gasteiger partial charge in [0.15, 0.2) is 0 Å². The highest BCUT2D eigenvalue weighted by atomic mass is 16.5. The van der Waals surface area contributed by atoms with Crippen LogP contribution in [0.2, 0.25) is 0 Å². The number of anilines is 2. The van der Waals surface area contributed by atoms with Gasteiger partial charge in [0.05, 0.1) is 11.7 Å². The lowest BCUT2D eigenvalue weighted by molar-refractivity contribution is 0.100. The van der Waals surface area contributed by atoms with Crippen LogP contribution in [0.25, 0.3) is 0 Å². The molecule has 2 aromatic heterocycles. The molecule has 2 aliphatic carbocycles. The number of amides is 1. The Balaban J connectivity index is 1.40. The zero-order chi connectivity index (χ0) is 21.2. The highest BCUT2D eigenvalue weighted by Gasteiger charge is 2.28. The smallest absolute Gasteiger partial charge is 0.248 e. The molecule has 1 aromatic carbocycles. The first-order valence-corrected chi connectivity index (χ1v) is 11.1. The fourth-order valence-electron chi connectivity index (χ4n) is 4.62. The second kappa shape index (κ2) is 8.41. The van der Waals surface area contributed by atoms with E-state index < -0.39 is 5.91 Å². The van der Waals surface area contributed by atoms with Gasteiger partial charge in [-0.05, 0) is 56.4 Å². The highest BCUT2D eigenvalue weighted by Crippen LogP contribution is 2.39. The third kappa shape index (κ3) is 4.13. The van der Waals surface area contributed by atoms with Gasteiger partial charge in [0, 0.05) is 29.1 Å². The highest BCUT2D eigenvalue weighted by molar-refractivity contribution is 5.93. The molecule has 3 N–H and O–H groups in total. The largest absolute Gasteiger partial charge is 0.439 e. The minimum atomic E-state index is -0.460. The molecular formula is C24H27N5O2. The van der Waals surface area contributed by atoms with Crippen molar-refractivity contribution in [2.75, 3.05) is 5.32 Å². The van der Waals surface area contributed by atoms with Crippen LogP contribution in [0.15, 0.2) is 42.6 Å². The first-order chi connectivity index (χ1) is 15.2. The standard InChI is InChI=1S/C24H27N5O2/c25-23(30)16-6-4-7-17(14-16)27-22-15-19(12-13-26-22)31-24-20-10-5-11-21(20)28-29(24)18-8-2-1-3-9-18/h4,6-7,12-15,18H,1-3,5,8-11H2,(H2,25,30)(H,26,27). The van der Waals surface area contributed by atoms with Crippen LogP contribution >= 0.6 is 0 Å². The average Bonchev–Trinajstić information content (AvgIpc) is 3.37. The monoisotopic (exact) mass is 417 g/mol. The second-order valence-electron chi connectivity index (χ2n) is 8.37. The predicted molar refractivity (Wildman–Crippen MR) is 119 cm³/mol. The summed E-state index contributed by atoms with van der Waals surface area (Å²) in [7, 11) is 0. The third-order valence-corrected chi connectivity index (χ3v) is 6.17. The van der Waals surface area contributed by atoms with Crippen LogP contribution in [0.5, 0.6) is 11.6 Å². The Bertz CT molecular complexity index is 1100. The van der Waals surface area contributed by atoms with Crippen molar-refractivity contribution >= 4 is 17.4 Å². The van der Waals surface area contributed by atoms with Crippen LogP contribution < -0.4 is 15.8 Å². The van der Waals surface area contributed by atoms with Gasteiger partial charge >= 0.3 is 0 Å². The van der Waals surface area contributed by atoms with Gasteiger partial charge in [-0.2, -0.15) is 5.10 Å². The molecule has 3 aromatic rings. The number of aromatic nitrogens is 3. The Kier molecular flexibility index (Phi) is 5.32. The molecule has 31 heavy (non-hydrogen) atoms. The van der Waals surface area contributed by atoms with Crippen molar-refractivity contribution in [3.63, 3.8) is 0 Å². The third-order valence-electron chi connectivity index (χ3n) is 6.17.